The normalized spacial score (nSPS) is 10.7. The molecular weight excluding hydrogens is 368 g/mol. The van der Waals surface area contributed by atoms with Crippen molar-refractivity contribution in [1.82, 2.24) is 4.98 Å². The first-order valence-electron chi connectivity index (χ1n) is 9.07. The van der Waals surface area contributed by atoms with E-state index in [1.165, 1.54) is 0 Å². The van der Waals surface area contributed by atoms with Gasteiger partial charge in [-0.25, -0.2) is 9.78 Å². The molecule has 2 aromatic heterocycles. The van der Waals surface area contributed by atoms with Crippen LogP contribution < -0.4 is 5.32 Å². The quantitative estimate of drug-likeness (QED) is 0.507. The third-order valence-corrected chi connectivity index (χ3v) is 4.35. The fourth-order valence-corrected chi connectivity index (χ4v) is 3.02. The van der Waals surface area contributed by atoms with Gasteiger partial charge in [-0.05, 0) is 48.9 Å². The monoisotopic (exact) mass is 386 g/mol. The van der Waals surface area contributed by atoms with E-state index in [-0.39, 0.29) is 6.61 Å². The summed E-state index contributed by atoms with van der Waals surface area (Å²) < 4.78 is 10.7. The topological polar surface area (TPSA) is 81.4 Å². The molecule has 0 saturated carbocycles. The number of esters is 1. The number of hydrogen-bond donors (Lipinski definition) is 1. The number of benzene rings is 2. The molecule has 0 aliphatic heterocycles. The molecule has 0 saturated heterocycles. The molecule has 2 aromatic carbocycles. The molecule has 0 aliphatic carbocycles. The number of furan rings is 1. The zero-order valence-electron chi connectivity index (χ0n) is 15.7. The van der Waals surface area contributed by atoms with Crippen molar-refractivity contribution in [1.29, 1.82) is 0 Å². The zero-order valence-corrected chi connectivity index (χ0v) is 15.7. The second kappa shape index (κ2) is 7.98. The van der Waals surface area contributed by atoms with Gasteiger partial charge in [-0.3, -0.25) is 4.79 Å². The van der Waals surface area contributed by atoms with E-state index in [0.717, 1.165) is 5.56 Å². The van der Waals surface area contributed by atoms with E-state index in [9.17, 15) is 9.59 Å². The number of anilines is 1. The van der Waals surface area contributed by atoms with Gasteiger partial charge in [0, 0.05) is 11.1 Å². The molecule has 29 heavy (non-hydrogen) atoms. The van der Waals surface area contributed by atoms with E-state index in [0.29, 0.717) is 33.6 Å². The molecule has 1 N–H and O–H groups in total. The van der Waals surface area contributed by atoms with E-state index in [1.807, 2.05) is 43.3 Å². The highest BCUT2D eigenvalue weighted by Gasteiger charge is 2.17. The maximum atomic E-state index is 12.7. The second-order valence-corrected chi connectivity index (χ2v) is 6.54. The molecule has 0 aliphatic rings. The fraction of sp³-hybridized carbons (Fsp3) is 0.0870. The number of carbonyl (C=O) groups is 2. The lowest BCUT2D eigenvalue weighted by atomic mass is 10.1. The van der Waals surface area contributed by atoms with Gasteiger partial charge >= 0.3 is 5.97 Å². The minimum Gasteiger partial charge on any atom is -0.463 e. The Labute approximate surface area is 167 Å². The third kappa shape index (κ3) is 4.16. The molecule has 0 bridgehead atoms. The van der Waals surface area contributed by atoms with E-state index in [4.69, 9.17) is 9.15 Å². The maximum absolute atomic E-state index is 12.7. The number of rotatable bonds is 5. The van der Waals surface area contributed by atoms with Gasteiger partial charge in [0.15, 0.2) is 12.4 Å². The molecule has 144 valence electrons. The third-order valence-electron chi connectivity index (χ3n) is 4.35. The van der Waals surface area contributed by atoms with Crippen molar-refractivity contribution in [2.45, 2.75) is 6.92 Å². The maximum Gasteiger partial charge on any atom is 0.339 e. The fourth-order valence-electron chi connectivity index (χ4n) is 3.02. The summed E-state index contributed by atoms with van der Waals surface area (Å²) in [5, 5.41) is 3.36. The number of aromatic nitrogens is 1. The average molecular weight is 386 g/mol. The number of amides is 1. The van der Waals surface area contributed by atoms with Gasteiger partial charge in [0.25, 0.3) is 5.91 Å². The highest BCUT2D eigenvalue weighted by Crippen LogP contribution is 2.25. The molecule has 2 heterocycles. The van der Waals surface area contributed by atoms with Crippen molar-refractivity contribution in [3.05, 3.63) is 84.1 Å². The van der Waals surface area contributed by atoms with Gasteiger partial charge < -0.3 is 14.5 Å². The van der Waals surface area contributed by atoms with Crippen LogP contribution in [0.1, 0.15) is 15.9 Å². The van der Waals surface area contributed by atoms with Crippen LogP contribution in [0.15, 0.2) is 77.4 Å². The van der Waals surface area contributed by atoms with Gasteiger partial charge in [-0.2, -0.15) is 0 Å². The number of nitrogens with one attached hydrogen (secondary N) is 1. The molecule has 0 unspecified atom stereocenters. The summed E-state index contributed by atoms with van der Waals surface area (Å²) >= 11 is 0. The number of ether oxygens (including phenoxy) is 1. The molecule has 1 amide bonds. The molecule has 4 aromatic rings. The number of para-hydroxylation sites is 1. The lowest BCUT2D eigenvalue weighted by molar-refractivity contribution is -0.119. The van der Waals surface area contributed by atoms with Crippen molar-refractivity contribution in [3.8, 4) is 11.5 Å². The van der Waals surface area contributed by atoms with Crippen molar-refractivity contribution in [3.63, 3.8) is 0 Å². The number of pyridine rings is 1. The number of hydrogen-bond acceptors (Lipinski definition) is 5. The van der Waals surface area contributed by atoms with Gasteiger partial charge in [0.05, 0.1) is 17.3 Å². The van der Waals surface area contributed by atoms with Crippen LogP contribution in [0.5, 0.6) is 0 Å². The van der Waals surface area contributed by atoms with Crippen LogP contribution in [0, 0.1) is 6.92 Å². The predicted octanol–water partition coefficient (Wildman–Crippen LogP) is 4.60. The number of aryl methyl sites for hydroxylation is 1. The molecule has 6 nitrogen and oxygen atoms in total. The Hall–Kier alpha value is -3.93. The van der Waals surface area contributed by atoms with E-state index < -0.39 is 11.9 Å². The van der Waals surface area contributed by atoms with Crippen LogP contribution >= 0.6 is 0 Å². The first-order chi connectivity index (χ1) is 14.1. The number of carbonyl (C=O) groups excluding carboxylic acids is 2. The molecule has 0 atom stereocenters. The van der Waals surface area contributed by atoms with Gasteiger partial charge in [0.1, 0.15) is 5.69 Å². The second-order valence-electron chi connectivity index (χ2n) is 6.54. The summed E-state index contributed by atoms with van der Waals surface area (Å²) in [5.41, 5.74) is 3.15. The first-order valence-corrected chi connectivity index (χ1v) is 9.07. The number of nitrogens with zero attached hydrogens (tertiary/aromatic N) is 1. The van der Waals surface area contributed by atoms with Crippen molar-refractivity contribution in [2.75, 3.05) is 11.9 Å². The standard InChI is InChI=1S/C23H18N2O4/c1-15-6-4-7-16(12-15)24-22(26)14-29-23(27)18-13-20(21-10-5-11-28-21)25-19-9-3-2-8-17(18)19/h2-13H,14H2,1H3,(H,24,26). The average Bonchev–Trinajstić information content (AvgIpc) is 3.26. The minimum absolute atomic E-state index is 0.324. The van der Waals surface area contributed by atoms with Crippen molar-refractivity contribution >= 4 is 28.5 Å². The largest absolute Gasteiger partial charge is 0.463 e. The van der Waals surface area contributed by atoms with Crippen LogP contribution in [0.3, 0.4) is 0 Å². The van der Waals surface area contributed by atoms with Crippen molar-refractivity contribution < 1.29 is 18.7 Å². The number of fused-ring (bicyclic) bond motifs is 1. The Kier molecular flexibility index (Phi) is 5.07. The Morgan fingerprint density at radius 3 is 2.69 bits per heavy atom. The smallest absolute Gasteiger partial charge is 0.339 e. The SMILES string of the molecule is Cc1cccc(NC(=O)COC(=O)c2cc(-c3ccco3)nc3ccccc23)c1. The van der Waals surface area contributed by atoms with Crippen LogP contribution in [-0.4, -0.2) is 23.5 Å². The summed E-state index contributed by atoms with van der Waals surface area (Å²) in [6, 6.07) is 19.8. The molecule has 0 spiro atoms. The zero-order chi connectivity index (χ0) is 20.2. The molecular formula is C23H18N2O4. The highest BCUT2D eigenvalue weighted by molar-refractivity contribution is 6.05. The summed E-state index contributed by atoms with van der Waals surface area (Å²) in [6.07, 6.45) is 1.54. The Balaban J connectivity index is 1.54. The summed E-state index contributed by atoms with van der Waals surface area (Å²) in [6.45, 7) is 1.54. The minimum atomic E-state index is -0.601. The summed E-state index contributed by atoms with van der Waals surface area (Å²) in [5.74, 6) is -0.466. The summed E-state index contributed by atoms with van der Waals surface area (Å²) in [7, 11) is 0. The lowest BCUT2D eigenvalue weighted by Crippen LogP contribution is -2.21. The lowest BCUT2D eigenvalue weighted by Gasteiger charge is -2.10. The van der Waals surface area contributed by atoms with Gasteiger partial charge in [-0.1, -0.05) is 30.3 Å². The van der Waals surface area contributed by atoms with Gasteiger partial charge in [0.2, 0.25) is 0 Å². The van der Waals surface area contributed by atoms with Crippen LogP contribution in [-0.2, 0) is 9.53 Å². The Bertz CT molecular complexity index is 1180. The Morgan fingerprint density at radius 2 is 1.90 bits per heavy atom. The molecule has 0 radical (unpaired) electrons. The van der Waals surface area contributed by atoms with E-state index in [1.54, 1.807) is 36.6 Å². The summed E-state index contributed by atoms with van der Waals surface area (Å²) in [4.78, 5) is 29.4. The van der Waals surface area contributed by atoms with E-state index in [2.05, 4.69) is 10.3 Å². The first kappa shape index (κ1) is 18.4. The van der Waals surface area contributed by atoms with Crippen LogP contribution in [0.2, 0.25) is 0 Å². The molecule has 0 fully saturated rings. The van der Waals surface area contributed by atoms with Crippen molar-refractivity contribution in [2.24, 2.45) is 0 Å². The van der Waals surface area contributed by atoms with Gasteiger partial charge in [-0.15, -0.1) is 0 Å². The highest BCUT2D eigenvalue weighted by atomic mass is 16.5. The van der Waals surface area contributed by atoms with Crippen LogP contribution in [0.4, 0.5) is 5.69 Å². The Morgan fingerprint density at radius 1 is 1.03 bits per heavy atom. The molecule has 4 rings (SSSR count). The van der Waals surface area contributed by atoms with E-state index >= 15 is 0 Å². The van der Waals surface area contributed by atoms with Crippen LogP contribution in [0.25, 0.3) is 22.4 Å². The molecule has 6 heteroatoms. The predicted molar refractivity (Wildman–Crippen MR) is 110 cm³/mol.